The Morgan fingerprint density at radius 1 is 1.54 bits per heavy atom. The minimum atomic E-state index is -3.62. The van der Waals surface area contributed by atoms with E-state index in [2.05, 4.69) is 9.17 Å². The molecule has 1 heterocycles. The van der Waals surface area contributed by atoms with Crippen LogP contribution in [-0.2, 0) is 17.2 Å². The maximum absolute atomic E-state index is 10.9. The fourth-order valence-electron chi connectivity index (χ4n) is 0.651. The van der Waals surface area contributed by atoms with Crippen molar-refractivity contribution in [1.82, 2.24) is 9.55 Å². The van der Waals surface area contributed by atoms with Gasteiger partial charge in [-0.25, -0.2) is 4.79 Å². The van der Waals surface area contributed by atoms with Gasteiger partial charge in [-0.05, 0) is 0 Å². The van der Waals surface area contributed by atoms with E-state index in [1.165, 1.54) is 23.9 Å². The summed E-state index contributed by atoms with van der Waals surface area (Å²) < 4.78 is 26.8. The molecule has 0 unspecified atom stereocenters. The molecule has 72 valence electrons. The summed E-state index contributed by atoms with van der Waals surface area (Å²) in [7, 11) is -2.12. The molecule has 0 saturated carbocycles. The molecule has 1 aromatic rings. The third-order valence-electron chi connectivity index (χ3n) is 1.19. The number of aromatic nitrogens is 2. The lowest BCUT2D eigenvalue weighted by atomic mass is 10.6. The molecule has 0 N–H and O–H groups in total. The van der Waals surface area contributed by atoms with Gasteiger partial charge < -0.3 is 8.75 Å². The first kappa shape index (κ1) is 9.72. The monoisotopic (exact) mass is 204 g/mol. The van der Waals surface area contributed by atoms with Gasteiger partial charge in [-0.15, -0.1) is 0 Å². The van der Waals surface area contributed by atoms with E-state index in [0.717, 1.165) is 6.26 Å². The second kappa shape index (κ2) is 3.17. The average molecular weight is 204 g/mol. The van der Waals surface area contributed by atoms with Crippen molar-refractivity contribution < 1.29 is 12.6 Å². The predicted octanol–water partition coefficient (Wildman–Crippen LogP) is -0.881. The highest BCUT2D eigenvalue weighted by Gasteiger charge is 2.05. The molecule has 1 aromatic heterocycles. The molecular formula is C6H8N2O4S. The fourth-order valence-corrected chi connectivity index (χ4v) is 1.05. The quantitative estimate of drug-likeness (QED) is 0.584. The lowest BCUT2D eigenvalue weighted by Crippen LogP contribution is -2.20. The van der Waals surface area contributed by atoms with Gasteiger partial charge in [0.2, 0.25) is 5.88 Å². The Labute approximate surface area is 74.9 Å². The molecule has 0 aliphatic rings. The van der Waals surface area contributed by atoms with Crippen molar-refractivity contribution in [2.24, 2.45) is 7.05 Å². The second-order valence-corrected chi connectivity index (χ2v) is 4.02. The van der Waals surface area contributed by atoms with Crippen LogP contribution in [0.25, 0.3) is 0 Å². The fraction of sp³-hybridized carbons (Fsp3) is 0.333. The van der Waals surface area contributed by atoms with Crippen molar-refractivity contribution in [3.63, 3.8) is 0 Å². The van der Waals surface area contributed by atoms with E-state index in [9.17, 15) is 13.2 Å². The minimum absolute atomic E-state index is 0.217. The predicted molar refractivity (Wildman–Crippen MR) is 44.9 cm³/mol. The first-order chi connectivity index (χ1) is 5.88. The summed E-state index contributed by atoms with van der Waals surface area (Å²) in [4.78, 5) is 14.3. The Morgan fingerprint density at radius 3 is 2.62 bits per heavy atom. The topological polar surface area (TPSA) is 78.3 Å². The third-order valence-corrected chi connectivity index (χ3v) is 1.66. The molecule has 1 rings (SSSR count). The summed E-state index contributed by atoms with van der Waals surface area (Å²) in [6.07, 6.45) is 2.25. The van der Waals surface area contributed by atoms with Gasteiger partial charge in [0.05, 0.1) is 6.26 Å². The minimum Gasteiger partial charge on any atom is -0.362 e. The summed E-state index contributed by atoms with van der Waals surface area (Å²) in [6.45, 7) is 0. The highest BCUT2D eigenvalue weighted by Crippen LogP contribution is 2.03. The average Bonchev–Trinajstić information content (AvgIpc) is 1.94. The number of nitrogens with zero attached hydrogens (tertiary/aromatic N) is 2. The van der Waals surface area contributed by atoms with Gasteiger partial charge in [-0.2, -0.15) is 13.4 Å². The van der Waals surface area contributed by atoms with Crippen molar-refractivity contribution >= 4 is 10.1 Å². The van der Waals surface area contributed by atoms with Crippen molar-refractivity contribution in [2.45, 2.75) is 0 Å². The van der Waals surface area contributed by atoms with E-state index in [1.807, 2.05) is 0 Å². The number of hydrogen-bond acceptors (Lipinski definition) is 5. The Kier molecular flexibility index (Phi) is 2.37. The zero-order valence-electron chi connectivity index (χ0n) is 7.09. The molecule has 6 nitrogen and oxygen atoms in total. The van der Waals surface area contributed by atoms with Crippen LogP contribution in [-0.4, -0.2) is 24.2 Å². The van der Waals surface area contributed by atoms with Gasteiger partial charge in [0, 0.05) is 19.3 Å². The Morgan fingerprint density at radius 2 is 2.15 bits per heavy atom. The SMILES string of the molecule is Cn1ccc(OS(C)(=O)=O)nc1=O. The molecule has 0 bridgehead atoms. The van der Waals surface area contributed by atoms with E-state index in [-0.39, 0.29) is 5.88 Å². The molecule has 0 spiro atoms. The molecule has 0 radical (unpaired) electrons. The summed E-state index contributed by atoms with van der Waals surface area (Å²) in [5.74, 6) is -0.217. The van der Waals surface area contributed by atoms with Crippen LogP contribution in [0.2, 0.25) is 0 Å². The third kappa shape index (κ3) is 2.86. The maximum Gasteiger partial charge on any atom is 0.350 e. The molecule has 0 aliphatic heterocycles. The van der Waals surface area contributed by atoms with Gasteiger partial charge in [-0.1, -0.05) is 0 Å². The number of rotatable bonds is 2. The number of hydrogen-bond donors (Lipinski definition) is 0. The number of aryl methyl sites for hydroxylation is 1. The van der Waals surface area contributed by atoms with Crippen LogP contribution in [0, 0.1) is 0 Å². The molecule has 0 aliphatic carbocycles. The summed E-state index contributed by atoms with van der Waals surface area (Å²) in [5.41, 5.74) is -0.568. The van der Waals surface area contributed by atoms with E-state index in [1.54, 1.807) is 0 Å². The standard InChI is InChI=1S/C6H8N2O4S/c1-8-4-3-5(7-6(8)9)12-13(2,10)11/h3-4H,1-2H3. The van der Waals surface area contributed by atoms with Gasteiger partial charge in [0.1, 0.15) is 0 Å². The van der Waals surface area contributed by atoms with Crippen molar-refractivity contribution in [3.8, 4) is 5.88 Å². The lowest BCUT2D eigenvalue weighted by Gasteiger charge is -2.00. The van der Waals surface area contributed by atoms with Crippen LogP contribution >= 0.6 is 0 Å². The highest BCUT2D eigenvalue weighted by molar-refractivity contribution is 7.86. The first-order valence-electron chi connectivity index (χ1n) is 3.31. The maximum atomic E-state index is 10.9. The summed E-state index contributed by atoms with van der Waals surface area (Å²) in [6, 6.07) is 1.29. The zero-order chi connectivity index (χ0) is 10.1. The smallest absolute Gasteiger partial charge is 0.350 e. The van der Waals surface area contributed by atoms with Crippen molar-refractivity contribution in [3.05, 3.63) is 22.7 Å². The van der Waals surface area contributed by atoms with Gasteiger partial charge in [-0.3, -0.25) is 0 Å². The van der Waals surface area contributed by atoms with Crippen molar-refractivity contribution in [2.75, 3.05) is 6.26 Å². The molecule has 13 heavy (non-hydrogen) atoms. The van der Waals surface area contributed by atoms with Gasteiger partial charge in [0.15, 0.2) is 0 Å². The summed E-state index contributed by atoms with van der Waals surface area (Å²) >= 11 is 0. The van der Waals surface area contributed by atoms with E-state index in [0.29, 0.717) is 0 Å². The Bertz CT molecular complexity index is 462. The van der Waals surface area contributed by atoms with Gasteiger partial charge in [0.25, 0.3) is 0 Å². The lowest BCUT2D eigenvalue weighted by molar-refractivity contribution is 0.478. The van der Waals surface area contributed by atoms with Crippen LogP contribution in [0.15, 0.2) is 17.1 Å². The molecule has 0 amide bonds. The van der Waals surface area contributed by atoms with Crippen LogP contribution < -0.4 is 9.87 Å². The normalized spacial score (nSPS) is 11.2. The molecule has 0 aromatic carbocycles. The van der Waals surface area contributed by atoms with Crippen LogP contribution in [0.4, 0.5) is 0 Å². The molecular weight excluding hydrogens is 196 g/mol. The van der Waals surface area contributed by atoms with E-state index >= 15 is 0 Å². The summed E-state index contributed by atoms with van der Waals surface area (Å²) in [5, 5.41) is 0. The van der Waals surface area contributed by atoms with E-state index in [4.69, 9.17) is 0 Å². The molecule has 0 fully saturated rings. The molecule has 7 heteroatoms. The second-order valence-electron chi connectivity index (χ2n) is 2.45. The highest BCUT2D eigenvalue weighted by atomic mass is 32.2. The molecule has 0 saturated heterocycles. The Balaban J connectivity index is 3.06. The van der Waals surface area contributed by atoms with Crippen LogP contribution in [0.5, 0.6) is 5.88 Å². The van der Waals surface area contributed by atoms with Crippen LogP contribution in [0.3, 0.4) is 0 Å². The largest absolute Gasteiger partial charge is 0.362 e. The van der Waals surface area contributed by atoms with Crippen LogP contribution in [0.1, 0.15) is 0 Å². The van der Waals surface area contributed by atoms with Gasteiger partial charge >= 0.3 is 15.8 Å². The zero-order valence-corrected chi connectivity index (χ0v) is 7.91. The first-order valence-corrected chi connectivity index (χ1v) is 5.13. The van der Waals surface area contributed by atoms with E-state index < -0.39 is 15.8 Å². The van der Waals surface area contributed by atoms with Crippen molar-refractivity contribution in [1.29, 1.82) is 0 Å². The Hall–Kier alpha value is -1.37. The molecule has 0 atom stereocenters.